The van der Waals surface area contributed by atoms with E-state index in [-0.39, 0.29) is 6.10 Å². The van der Waals surface area contributed by atoms with Gasteiger partial charge in [-0.05, 0) is 37.1 Å². The van der Waals surface area contributed by atoms with Crippen LogP contribution in [0.3, 0.4) is 0 Å². The Hall–Kier alpha value is -2.02. The molecule has 0 atom stereocenters. The molecule has 0 aromatic heterocycles. The van der Waals surface area contributed by atoms with Gasteiger partial charge in [0.2, 0.25) is 0 Å². The average Bonchev–Trinajstić information content (AvgIpc) is 2.38. The van der Waals surface area contributed by atoms with E-state index in [9.17, 15) is 0 Å². The van der Waals surface area contributed by atoms with E-state index in [4.69, 9.17) is 4.74 Å². The molecule has 0 heterocycles. The van der Waals surface area contributed by atoms with Crippen molar-refractivity contribution in [2.24, 2.45) is 0 Å². The highest BCUT2D eigenvalue weighted by atomic mass is 16.5. The second-order valence-corrected chi connectivity index (χ2v) is 4.48. The predicted molar refractivity (Wildman–Crippen MR) is 77.6 cm³/mol. The van der Waals surface area contributed by atoms with Gasteiger partial charge in [-0.3, -0.25) is 0 Å². The van der Waals surface area contributed by atoms with Gasteiger partial charge in [0, 0.05) is 0 Å². The minimum absolute atomic E-state index is 0.218. The molecule has 18 heavy (non-hydrogen) atoms. The number of benzene rings is 2. The lowest BCUT2D eigenvalue weighted by Gasteiger charge is -2.09. The largest absolute Gasteiger partial charge is 0.491 e. The van der Waals surface area contributed by atoms with Crippen LogP contribution in [0.4, 0.5) is 0 Å². The monoisotopic (exact) mass is 238 g/mol. The van der Waals surface area contributed by atoms with Crippen molar-refractivity contribution in [1.82, 2.24) is 0 Å². The van der Waals surface area contributed by atoms with Crippen LogP contribution in [-0.2, 0) is 0 Å². The van der Waals surface area contributed by atoms with Gasteiger partial charge in [-0.1, -0.05) is 54.6 Å². The average molecular weight is 238 g/mol. The summed E-state index contributed by atoms with van der Waals surface area (Å²) in [6.07, 6.45) is 4.43. The second kappa shape index (κ2) is 6.06. The van der Waals surface area contributed by atoms with Crippen LogP contribution >= 0.6 is 0 Å². The minimum atomic E-state index is 0.218. The Balaban J connectivity index is 2.04. The van der Waals surface area contributed by atoms with Crippen molar-refractivity contribution in [3.63, 3.8) is 0 Å². The molecule has 0 aliphatic carbocycles. The van der Waals surface area contributed by atoms with E-state index in [0.717, 1.165) is 5.75 Å². The zero-order valence-corrected chi connectivity index (χ0v) is 10.8. The maximum absolute atomic E-state index is 5.61. The van der Waals surface area contributed by atoms with Crippen molar-refractivity contribution in [2.45, 2.75) is 20.0 Å². The van der Waals surface area contributed by atoms with E-state index in [2.05, 4.69) is 36.4 Å². The maximum atomic E-state index is 5.61. The summed E-state index contributed by atoms with van der Waals surface area (Å²) in [5, 5.41) is 0. The van der Waals surface area contributed by atoms with Crippen molar-refractivity contribution in [3.05, 3.63) is 65.7 Å². The number of rotatable bonds is 4. The second-order valence-electron chi connectivity index (χ2n) is 4.48. The van der Waals surface area contributed by atoms with Crippen molar-refractivity contribution in [3.8, 4) is 5.75 Å². The highest BCUT2D eigenvalue weighted by molar-refractivity contribution is 5.69. The molecule has 0 fully saturated rings. The van der Waals surface area contributed by atoms with E-state index in [1.54, 1.807) is 0 Å². The van der Waals surface area contributed by atoms with E-state index >= 15 is 0 Å². The lowest BCUT2D eigenvalue weighted by atomic mass is 10.1. The smallest absolute Gasteiger partial charge is 0.119 e. The van der Waals surface area contributed by atoms with E-state index in [1.807, 2.05) is 44.2 Å². The molecule has 0 radical (unpaired) electrons. The Kier molecular flexibility index (Phi) is 4.19. The van der Waals surface area contributed by atoms with Crippen LogP contribution in [0.5, 0.6) is 5.75 Å². The Bertz CT molecular complexity index is 495. The standard InChI is InChI=1S/C17H18O/c1-14(2)18-17-12-10-16(11-13-17)9-8-15-6-4-3-5-7-15/h3-14H,1-2H3. The van der Waals surface area contributed by atoms with Crippen LogP contribution in [0, 0.1) is 0 Å². The first-order valence-corrected chi connectivity index (χ1v) is 6.24. The van der Waals surface area contributed by atoms with Gasteiger partial charge in [-0.15, -0.1) is 0 Å². The molecule has 0 spiro atoms. The molecule has 2 aromatic rings. The maximum Gasteiger partial charge on any atom is 0.119 e. The molecule has 0 saturated carbocycles. The van der Waals surface area contributed by atoms with Gasteiger partial charge in [-0.2, -0.15) is 0 Å². The fraction of sp³-hybridized carbons (Fsp3) is 0.176. The predicted octanol–water partition coefficient (Wildman–Crippen LogP) is 4.64. The lowest BCUT2D eigenvalue weighted by Crippen LogP contribution is -2.05. The molecular formula is C17H18O. The molecule has 0 unspecified atom stereocenters. The zero-order chi connectivity index (χ0) is 12.8. The van der Waals surface area contributed by atoms with E-state index in [1.165, 1.54) is 11.1 Å². The number of hydrogen-bond donors (Lipinski definition) is 0. The van der Waals surface area contributed by atoms with Crippen LogP contribution in [0.2, 0.25) is 0 Å². The topological polar surface area (TPSA) is 9.23 Å². The summed E-state index contributed by atoms with van der Waals surface area (Å²) < 4.78 is 5.61. The molecule has 0 amide bonds. The molecule has 2 aromatic carbocycles. The number of hydrogen-bond acceptors (Lipinski definition) is 1. The van der Waals surface area contributed by atoms with Gasteiger partial charge < -0.3 is 4.74 Å². The molecule has 0 aliphatic rings. The minimum Gasteiger partial charge on any atom is -0.491 e. The third-order valence-electron chi connectivity index (χ3n) is 2.52. The summed E-state index contributed by atoms with van der Waals surface area (Å²) in [7, 11) is 0. The first kappa shape index (κ1) is 12.4. The SMILES string of the molecule is CC(C)Oc1ccc(C=Cc2ccccc2)cc1. The summed E-state index contributed by atoms with van der Waals surface area (Å²) in [5.41, 5.74) is 2.38. The summed E-state index contributed by atoms with van der Waals surface area (Å²) in [6, 6.07) is 18.4. The van der Waals surface area contributed by atoms with Crippen molar-refractivity contribution in [1.29, 1.82) is 0 Å². The molecule has 1 heteroatoms. The highest BCUT2D eigenvalue weighted by Crippen LogP contribution is 2.15. The van der Waals surface area contributed by atoms with Crippen LogP contribution in [0.1, 0.15) is 25.0 Å². The fourth-order valence-corrected chi connectivity index (χ4v) is 1.69. The van der Waals surface area contributed by atoms with Crippen molar-refractivity contribution < 1.29 is 4.74 Å². The van der Waals surface area contributed by atoms with Gasteiger partial charge in [0.15, 0.2) is 0 Å². The van der Waals surface area contributed by atoms with E-state index in [0.29, 0.717) is 0 Å². The molecule has 1 nitrogen and oxygen atoms in total. The van der Waals surface area contributed by atoms with Gasteiger partial charge in [0.25, 0.3) is 0 Å². The summed E-state index contributed by atoms with van der Waals surface area (Å²) in [6.45, 7) is 4.06. The molecular weight excluding hydrogens is 220 g/mol. The Morgan fingerprint density at radius 3 is 1.89 bits per heavy atom. The normalized spacial score (nSPS) is 11.1. The molecule has 0 N–H and O–H groups in total. The molecule has 2 rings (SSSR count). The first-order chi connectivity index (χ1) is 8.74. The lowest BCUT2D eigenvalue weighted by molar-refractivity contribution is 0.242. The summed E-state index contributed by atoms with van der Waals surface area (Å²) >= 11 is 0. The summed E-state index contributed by atoms with van der Waals surface area (Å²) in [5.74, 6) is 0.918. The Morgan fingerprint density at radius 2 is 1.33 bits per heavy atom. The van der Waals surface area contributed by atoms with Gasteiger partial charge in [-0.25, -0.2) is 0 Å². The fourth-order valence-electron chi connectivity index (χ4n) is 1.69. The summed E-state index contributed by atoms with van der Waals surface area (Å²) in [4.78, 5) is 0. The van der Waals surface area contributed by atoms with Crippen LogP contribution in [-0.4, -0.2) is 6.10 Å². The van der Waals surface area contributed by atoms with Crippen LogP contribution < -0.4 is 4.74 Å². The third-order valence-corrected chi connectivity index (χ3v) is 2.52. The zero-order valence-electron chi connectivity index (χ0n) is 10.8. The van der Waals surface area contributed by atoms with Crippen molar-refractivity contribution in [2.75, 3.05) is 0 Å². The quantitative estimate of drug-likeness (QED) is 0.705. The highest BCUT2D eigenvalue weighted by Gasteiger charge is 1.96. The van der Waals surface area contributed by atoms with Crippen LogP contribution in [0.25, 0.3) is 12.2 Å². The Labute approximate surface area is 109 Å². The van der Waals surface area contributed by atoms with Gasteiger partial charge in [0.1, 0.15) is 5.75 Å². The first-order valence-electron chi connectivity index (χ1n) is 6.24. The Morgan fingerprint density at radius 1 is 0.778 bits per heavy atom. The van der Waals surface area contributed by atoms with Crippen molar-refractivity contribution >= 4 is 12.2 Å². The van der Waals surface area contributed by atoms with Gasteiger partial charge in [0.05, 0.1) is 6.10 Å². The van der Waals surface area contributed by atoms with E-state index < -0.39 is 0 Å². The molecule has 0 bridgehead atoms. The van der Waals surface area contributed by atoms with Gasteiger partial charge >= 0.3 is 0 Å². The molecule has 92 valence electrons. The molecule has 0 saturated heterocycles. The number of ether oxygens (including phenoxy) is 1. The molecule has 0 aliphatic heterocycles. The van der Waals surface area contributed by atoms with Crippen LogP contribution in [0.15, 0.2) is 54.6 Å². The third kappa shape index (κ3) is 3.77.